The van der Waals surface area contributed by atoms with Gasteiger partial charge in [-0.3, -0.25) is 9.59 Å². The van der Waals surface area contributed by atoms with Crippen LogP contribution in [0.2, 0.25) is 0 Å². The molecule has 0 aliphatic heterocycles. The molecule has 7 heteroatoms. The molecule has 2 N–H and O–H groups in total. The van der Waals surface area contributed by atoms with Crippen LogP contribution in [-0.2, 0) is 19.4 Å². The third-order valence-electron chi connectivity index (χ3n) is 2.67. The first-order valence-corrected chi connectivity index (χ1v) is 7.12. The summed E-state index contributed by atoms with van der Waals surface area (Å²) in [5.41, 5.74) is 0.454. The Morgan fingerprint density at radius 1 is 1.21 bits per heavy atom. The molecule has 0 heterocycles. The van der Waals surface area contributed by atoms with Crippen molar-refractivity contribution in [3.63, 3.8) is 0 Å². The number of anilines is 1. The minimum Gasteiger partial charge on any atom is -0.480 e. The lowest BCUT2D eigenvalue weighted by Crippen LogP contribution is -2.44. The smallest absolute Gasteiger partial charge is 0.324 e. The number of carboxylic acid groups (broad SMARTS) is 1. The molecular formula is C12H15NO5S. The largest absolute Gasteiger partial charge is 0.480 e. The van der Waals surface area contributed by atoms with E-state index in [-0.39, 0.29) is 0 Å². The lowest BCUT2D eigenvalue weighted by molar-refractivity contribution is -0.139. The third kappa shape index (κ3) is 3.54. The number of carbonyl (C=O) groups is 2. The molecule has 0 radical (unpaired) electrons. The molecule has 0 saturated heterocycles. The standard InChI is InChI=1S/C12H15NO5S/c1-12(2,11(15)16)19(17,18)8-10(14)13-9-6-4-3-5-7-9/h3-7H,8H2,1-2H3,(H,13,14)(H,15,16). The number of carbonyl (C=O) groups excluding carboxylic acids is 1. The molecule has 6 nitrogen and oxygen atoms in total. The third-order valence-corrected chi connectivity index (χ3v) is 5.04. The Kier molecular flexibility index (Phi) is 4.31. The van der Waals surface area contributed by atoms with Crippen LogP contribution in [0.5, 0.6) is 0 Å². The summed E-state index contributed by atoms with van der Waals surface area (Å²) in [5, 5.41) is 11.3. The second-order valence-corrected chi connectivity index (χ2v) is 7.03. The molecule has 1 rings (SSSR count). The molecule has 0 aromatic heterocycles. The molecule has 0 aliphatic carbocycles. The predicted octanol–water partition coefficient (Wildman–Crippen LogP) is 0.903. The van der Waals surface area contributed by atoms with Crippen LogP contribution in [0.25, 0.3) is 0 Å². The van der Waals surface area contributed by atoms with Gasteiger partial charge in [0.25, 0.3) is 0 Å². The number of sulfone groups is 1. The Bertz CT molecular complexity index is 577. The van der Waals surface area contributed by atoms with Crippen LogP contribution in [0.3, 0.4) is 0 Å². The van der Waals surface area contributed by atoms with Crippen LogP contribution in [-0.4, -0.2) is 35.9 Å². The van der Waals surface area contributed by atoms with Gasteiger partial charge >= 0.3 is 5.97 Å². The summed E-state index contributed by atoms with van der Waals surface area (Å²) in [5.74, 6) is -3.12. The van der Waals surface area contributed by atoms with Crippen molar-refractivity contribution in [1.82, 2.24) is 0 Å². The van der Waals surface area contributed by atoms with Crippen LogP contribution in [0.15, 0.2) is 30.3 Å². The summed E-state index contributed by atoms with van der Waals surface area (Å²) in [6.07, 6.45) is 0. The molecule has 0 bridgehead atoms. The number of carboxylic acids is 1. The highest BCUT2D eigenvalue weighted by atomic mass is 32.2. The fraction of sp³-hybridized carbons (Fsp3) is 0.333. The van der Waals surface area contributed by atoms with Gasteiger partial charge in [0.2, 0.25) is 5.91 Å². The molecule has 0 unspecified atom stereocenters. The van der Waals surface area contributed by atoms with Crippen molar-refractivity contribution in [2.75, 3.05) is 11.1 Å². The quantitative estimate of drug-likeness (QED) is 0.837. The highest BCUT2D eigenvalue weighted by Crippen LogP contribution is 2.18. The number of para-hydroxylation sites is 1. The summed E-state index contributed by atoms with van der Waals surface area (Å²) in [7, 11) is -4.09. The SMILES string of the molecule is CC(C)(C(=O)O)S(=O)(=O)CC(=O)Nc1ccccc1. The van der Waals surface area contributed by atoms with Gasteiger partial charge in [0.05, 0.1) is 0 Å². The van der Waals surface area contributed by atoms with E-state index in [1.54, 1.807) is 30.3 Å². The van der Waals surface area contributed by atoms with Crippen molar-refractivity contribution >= 4 is 27.4 Å². The van der Waals surface area contributed by atoms with Crippen molar-refractivity contribution in [2.45, 2.75) is 18.6 Å². The molecule has 1 aromatic carbocycles. The fourth-order valence-electron chi connectivity index (χ4n) is 1.20. The average Bonchev–Trinajstić information content (AvgIpc) is 2.28. The number of aliphatic carboxylic acids is 1. The maximum Gasteiger partial charge on any atom is 0.324 e. The van der Waals surface area contributed by atoms with Gasteiger partial charge in [0.1, 0.15) is 5.75 Å². The van der Waals surface area contributed by atoms with E-state index in [9.17, 15) is 18.0 Å². The van der Waals surface area contributed by atoms with Crippen LogP contribution in [0.1, 0.15) is 13.8 Å². The molecule has 19 heavy (non-hydrogen) atoms. The van der Waals surface area contributed by atoms with Gasteiger partial charge in [-0.1, -0.05) is 18.2 Å². The van der Waals surface area contributed by atoms with Crippen molar-refractivity contribution in [2.24, 2.45) is 0 Å². The average molecular weight is 285 g/mol. The molecule has 0 saturated carbocycles. The fourth-order valence-corrected chi connectivity index (χ4v) is 2.25. The Morgan fingerprint density at radius 3 is 2.21 bits per heavy atom. The minimum atomic E-state index is -4.09. The first-order chi connectivity index (χ1) is 8.67. The van der Waals surface area contributed by atoms with E-state index in [1.807, 2.05) is 0 Å². The Labute approximate surface area is 111 Å². The number of benzene rings is 1. The van der Waals surface area contributed by atoms with Gasteiger partial charge in [0, 0.05) is 5.69 Å². The lowest BCUT2D eigenvalue weighted by atomic mass is 10.2. The van der Waals surface area contributed by atoms with E-state index in [0.29, 0.717) is 5.69 Å². The van der Waals surface area contributed by atoms with Crippen molar-refractivity contribution in [3.05, 3.63) is 30.3 Å². The van der Waals surface area contributed by atoms with Crippen LogP contribution >= 0.6 is 0 Å². The number of amides is 1. The first-order valence-electron chi connectivity index (χ1n) is 5.47. The summed E-state index contributed by atoms with van der Waals surface area (Å²) in [4.78, 5) is 22.5. The number of hydrogen-bond acceptors (Lipinski definition) is 4. The first kappa shape index (κ1) is 15.2. The van der Waals surface area contributed by atoms with E-state index in [1.165, 1.54) is 0 Å². The monoisotopic (exact) mass is 285 g/mol. The molecule has 0 atom stereocenters. The Hall–Kier alpha value is -1.89. The minimum absolute atomic E-state index is 0.454. The predicted molar refractivity (Wildman–Crippen MR) is 70.6 cm³/mol. The second-order valence-electron chi connectivity index (χ2n) is 4.49. The summed E-state index contributed by atoms with van der Waals surface area (Å²) in [6.45, 7) is 2.11. The van der Waals surface area contributed by atoms with Crippen LogP contribution < -0.4 is 5.32 Å². The summed E-state index contributed by atoms with van der Waals surface area (Å²) >= 11 is 0. The van der Waals surface area contributed by atoms with E-state index in [0.717, 1.165) is 13.8 Å². The Morgan fingerprint density at radius 2 is 1.74 bits per heavy atom. The van der Waals surface area contributed by atoms with E-state index in [2.05, 4.69) is 5.32 Å². The highest BCUT2D eigenvalue weighted by Gasteiger charge is 2.42. The topological polar surface area (TPSA) is 101 Å². The van der Waals surface area contributed by atoms with Gasteiger partial charge in [-0.2, -0.15) is 0 Å². The van der Waals surface area contributed by atoms with Crippen LogP contribution in [0.4, 0.5) is 5.69 Å². The number of rotatable bonds is 5. The molecule has 0 fully saturated rings. The van der Waals surface area contributed by atoms with Crippen molar-refractivity contribution < 1.29 is 23.1 Å². The van der Waals surface area contributed by atoms with E-state index >= 15 is 0 Å². The van der Waals surface area contributed by atoms with Crippen molar-refractivity contribution in [1.29, 1.82) is 0 Å². The van der Waals surface area contributed by atoms with E-state index < -0.39 is 32.2 Å². The van der Waals surface area contributed by atoms with Crippen molar-refractivity contribution in [3.8, 4) is 0 Å². The van der Waals surface area contributed by atoms with Crippen LogP contribution in [0, 0.1) is 0 Å². The summed E-state index contributed by atoms with van der Waals surface area (Å²) in [6, 6.07) is 8.33. The molecule has 0 aliphatic rings. The lowest BCUT2D eigenvalue weighted by Gasteiger charge is -2.19. The molecule has 1 aromatic rings. The maximum atomic E-state index is 11.9. The number of nitrogens with one attached hydrogen (secondary N) is 1. The summed E-state index contributed by atoms with van der Waals surface area (Å²) < 4.78 is 21.7. The zero-order valence-electron chi connectivity index (χ0n) is 10.6. The Balaban J connectivity index is 2.80. The zero-order valence-corrected chi connectivity index (χ0v) is 11.4. The zero-order chi connectivity index (χ0) is 14.7. The molecule has 1 amide bonds. The van der Waals surface area contributed by atoms with Gasteiger partial charge in [-0.25, -0.2) is 8.42 Å². The van der Waals surface area contributed by atoms with Gasteiger partial charge in [-0.15, -0.1) is 0 Å². The van der Waals surface area contributed by atoms with Gasteiger partial charge in [0.15, 0.2) is 14.6 Å². The molecule has 0 spiro atoms. The van der Waals surface area contributed by atoms with Gasteiger partial charge in [-0.05, 0) is 26.0 Å². The number of hydrogen-bond donors (Lipinski definition) is 2. The molecule has 104 valence electrons. The highest BCUT2D eigenvalue weighted by molar-refractivity contribution is 7.94. The normalized spacial score (nSPS) is 11.9. The molecular weight excluding hydrogens is 270 g/mol. The van der Waals surface area contributed by atoms with E-state index in [4.69, 9.17) is 5.11 Å². The van der Waals surface area contributed by atoms with Gasteiger partial charge < -0.3 is 10.4 Å². The second kappa shape index (κ2) is 5.40. The maximum absolute atomic E-state index is 11.9.